The molecule has 0 bridgehead atoms. The van der Waals surface area contributed by atoms with E-state index in [4.69, 9.17) is 0 Å². The number of rotatable bonds is 2. The molecule has 0 spiro atoms. The van der Waals surface area contributed by atoms with Gasteiger partial charge in [-0.15, -0.1) is 0 Å². The van der Waals surface area contributed by atoms with Crippen LogP contribution in [0.1, 0.15) is 0 Å². The molecule has 1 aliphatic heterocycles. The molecule has 1 aliphatic rings. The fraction of sp³-hybridized carbons (Fsp3) is 0.333. The Bertz CT molecular complexity index is 356. The molecule has 15 heavy (non-hydrogen) atoms. The number of hydrogen-bond donors (Lipinski definition) is 0. The summed E-state index contributed by atoms with van der Waals surface area (Å²) in [5.74, 6) is 2.34. The molecule has 0 aliphatic carbocycles. The van der Waals surface area contributed by atoms with Crippen LogP contribution in [0.3, 0.4) is 0 Å². The lowest BCUT2D eigenvalue weighted by Crippen LogP contribution is -2.56. The van der Waals surface area contributed by atoms with Crippen molar-refractivity contribution in [1.82, 2.24) is 4.48 Å². The van der Waals surface area contributed by atoms with Crippen LogP contribution < -0.4 is 5.46 Å². The minimum absolute atomic E-state index is 0.512. The van der Waals surface area contributed by atoms with E-state index in [0.29, 0.717) is 6.85 Å². The van der Waals surface area contributed by atoms with Gasteiger partial charge in [-0.05, 0) is 6.54 Å². The predicted octanol–water partition coefficient (Wildman–Crippen LogP) is 2.13. The third-order valence-corrected chi connectivity index (χ3v) is 5.14. The van der Waals surface area contributed by atoms with Gasteiger partial charge in [-0.1, -0.05) is 67.5 Å². The molecular formula is C12H18BNSi. The summed E-state index contributed by atoms with van der Waals surface area (Å²) in [6.45, 7) is 8.87. The van der Waals surface area contributed by atoms with Crippen LogP contribution in [-0.4, -0.2) is 26.1 Å². The zero-order chi connectivity index (χ0) is 10.9. The molecule has 0 aromatic heterocycles. The van der Waals surface area contributed by atoms with E-state index in [0.717, 1.165) is 6.54 Å². The zero-order valence-corrected chi connectivity index (χ0v) is 10.8. The van der Waals surface area contributed by atoms with Gasteiger partial charge in [0.15, 0.2) is 0 Å². The lowest BCUT2D eigenvalue weighted by Gasteiger charge is -2.34. The maximum atomic E-state index is 2.66. The Hall–Kier alpha value is -0.798. The van der Waals surface area contributed by atoms with Gasteiger partial charge in [0.05, 0.1) is 0 Å². The van der Waals surface area contributed by atoms with Crippen molar-refractivity contribution in [3.8, 4) is 0 Å². The Kier molecular flexibility index (Phi) is 2.85. The summed E-state index contributed by atoms with van der Waals surface area (Å²) in [5, 5.41) is 0. The summed E-state index contributed by atoms with van der Waals surface area (Å²) in [5.41, 5.74) is 1.42. The quantitative estimate of drug-likeness (QED) is 0.683. The van der Waals surface area contributed by atoms with Gasteiger partial charge < -0.3 is 4.48 Å². The molecule has 2 rings (SSSR count). The molecule has 0 unspecified atom stereocenters. The highest BCUT2D eigenvalue weighted by molar-refractivity contribution is 6.90. The molecule has 1 aromatic carbocycles. The first kappa shape index (κ1) is 10.7. The Balaban J connectivity index is 2.26. The van der Waals surface area contributed by atoms with Crippen LogP contribution in [0.25, 0.3) is 0 Å². The monoisotopic (exact) mass is 215 g/mol. The van der Waals surface area contributed by atoms with Crippen LogP contribution in [0.4, 0.5) is 0 Å². The van der Waals surface area contributed by atoms with Gasteiger partial charge in [0.1, 0.15) is 8.24 Å². The second-order valence-corrected chi connectivity index (χ2v) is 10.0. The summed E-state index contributed by atoms with van der Waals surface area (Å²) in [6.07, 6.45) is 2.30. The average Bonchev–Trinajstić information content (AvgIpc) is 2.67. The highest BCUT2D eigenvalue weighted by Crippen LogP contribution is 2.16. The first-order valence-corrected chi connectivity index (χ1v) is 9.02. The van der Waals surface area contributed by atoms with Gasteiger partial charge in [0, 0.05) is 0 Å². The van der Waals surface area contributed by atoms with Crippen molar-refractivity contribution in [3.05, 3.63) is 42.4 Å². The largest absolute Gasteiger partial charge is 0.354 e. The second kappa shape index (κ2) is 3.99. The summed E-state index contributed by atoms with van der Waals surface area (Å²) >= 11 is 0. The van der Waals surface area contributed by atoms with E-state index in [1.807, 2.05) is 0 Å². The van der Waals surface area contributed by atoms with Crippen LogP contribution in [0.5, 0.6) is 0 Å². The third kappa shape index (κ3) is 2.24. The van der Waals surface area contributed by atoms with Crippen molar-refractivity contribution in [3.63, 3.8) is 0 Å². The molecule has 0 saturated heterocycles. The summed E-state index contributed by atoms with van der Waals surface area (Å²) in [4.78, 5) is 0. The molecule has 78 valence electrons. The van der Waals surface area contributed by atoms with Crippen molar-refractivity contribution in [2.75, 3.05) is 6.54 Å². The van der Waals surface area contributed by atoms with Gasteiger partial charge in [-0.25, -0.2) is 0 Å². The molecule has 0 radical (unpaired) electrons. The summed E-state index contributed by atoms with van der Waals surface area (Å²) < 4.78 is 2.66. The van der Waals surface area contributed by atoms with Gasteiger partial charge >= 0.3 is 0 Å². The van der Waals surface area contributed by atoms with Gasteiger partial charge in [-0.2, -0.15) is 0 Å². The van der Waals surface area contributed by atoms with E-state index >= 15 is 0 Å². The molecule has 0 saturated carbocycles. The highest BCUT2D eigenvalue weighted by Gasteiger charge is 2.34. The first-order chi connectivity index (χ1) is 7.09. The van der Waals surface area contributed by atoms with Gasteiger partial charge in [0.2, 0.25) is 0 Å². The fourth-order valence-corrected chi connectivity index (χ4v) is 3.88. The minimum Gasteiger partial charge on any atom is -0.354 e. The summed E-state index contributed by atoms with van der Waals surface area (Å²) in [6, 6.07) is 10.8. The third-order valence-electron chi connectivity index (χ3n) is 2.96. The predicted molar refractivity (Wildman–Crippen MR) is 71.0 cm³/mol. The van der Waals surface area contributed by atoms with Crippen LogP contribution in [0.15, 0.2) is 42.4 Å². The lowest BCUT2D eigenvalue weighted by atomic mass is 9.57. The minimum atomic E-state index is -1.20. The maximum Gasteiger partial charge on any atom is 0.277 e. The van der Waals surface area contributed by atoms with Crippen molar-refractivity contribution in [2.24, 2.45) is 0 Å². The number of nitrogens with zero attached hydrogens (tertiary/aromatic N) is 1. The summed E-state index contributed by atoms with van der Waals surface area (Å²) in [7, 11) is -1.20. The molecule has 1 nitrogen and oxygen atoms in total. The van der Waals surface area contributed by atoms with Crippen molar-refractivity contribution < 1.29 is 0 Å². The van der Waals surface area contributed by atoms with Crippen LogP contribution in [0.2, 0.25) is 19.6 Å². The van der Waals surface area contributed by atoms with Gasteiger partial charge in [-0.3, -0.25) is 0 Å². The number of hydrogen-bond acceptors (Lipinski definition) is 1. The molecule has 0 amide bonds. The molecular weight excluding hydrogens is 197 g/mol. The highest BCUT2D eigenvalue weighted by atomic mass is 28.3. The smallest absolute Gasteiger partial charge is 0.277 e. The van der Waals surface area contributed by atoms with Crippen LogP contribution in [-0.2, 0) is 0 Å². The van der Waals surface area contributed by atoms with E-state index in [2.05, 4.69) is 66.5 Å². The lowest BCUT2D eigenvalue weighted by molar-refractivity contribution is 0.734. The van der Waals surface area contributed by atoms with Crippen LogP contribution in [0, 0.1) is 0 Å². The maximum absolute atomic E-state index is 2.66. The Morgan fingerprint density at radius 3 is 2.40 bits per heavy atom. The zero-order valence-electron chi connectivity index (χ0n) is 9.77. The standard InChI is InChI=1S/C12H18BNSi/c1-15(2,3)14-11-7-10-13(14)12-8-5-4-6-9-12/h4-10H,11H2,1-3H3. The van der Waals surface area contributed by atoms with E-state index in [1.54, 1.807) is 0 Å². The topological polar surface area (TPSA) is 3.24 Å². The SMILES string of the molecule is C[Si](C)(C)N1CC=CB1c1ccccc1. The fourth-order valence-electron chi connectivity index (χ4n) is 2.15. The Morgan fingerprint density at radius 1 is 1.13 bits per heavy atom. The molecule has 1 aromatic rings. The Labute approximate surface area is 94.0 Å². The normalized spacial score (nSPS) is 17.4. The van der Waals surface area contributed by atoms with Gasteiger partial charge in [0.25, 0.3) is 6.85 Å². The van der Waals surface area contributed by atoms with E-state index < -0.39 is 8.24 Å². The first-order valence-electron chi connectivity index (χ1n) is 5.57. The molecule has 3 heteroatoms. The van der Waals surface area contributed by atoms with Crippen molar-refractivity contribution >= 4 is 20.5 Å². The van der Waals surface area contributed by atoms with E-state index in [9.17, 15) is 0 Å². The van der Waals surface area contributed by atoms with E-state index in [1.165, 1.54) is 5.46 Å². The average molecular weight is 215 g/mol. The Morgan fingerprint density at radius 2 is 1.80 bits per heavy atom. The van der Waals surface area contributed by atoms with Crippen LogP contribution >= 0.6 is 0 Å². The van der Waals surface area contributed by atoms with E-state index in [-0.39, 0.29) is 0 Å². The van der Waals surface area contributed by atoms with Crippen molar-refractivity contribution in [1.29, 1.82) is 0 Å². The molecule has 0 fully saturated rings. The molecule has 1 heterocycles. The second-order valence-electron chi connectivity index (χ2n) is 5.11. The number of benzene rings is 1. The molecule has 0 N–H and O–H groups in total. The van der Waals surface area contributed by atoms with Crippen molar-refractivity contribution in [2.45, 2.75) is 19.6 Å². The molecule has 0 atom stereocenters.